The van der Waals surface area contributed by atoms with Crippen molar-refractivity contribution in [3.05, 3.63) is 102 Å². The van der Waals surface area contributed by atoms with Crippen molar-refractivity contribution in [2.45, 2.75) is 45.6 Å². The number of hydrogen-bond donors (Lipinski definition) is 1. The molecule has 6 nitrogen and oxygen atoms in total. The molecule has 210 valence electrons. The third kappa shape index (κ3) is 12.5. The fourth-order valence-corrected chi connectivity index (χ4v) is 3.53. The van der Waals surface area contributed by atoms with E-state index in [0.29, 0.717) is 29.8 Å². The molecule has 2 aromatic rings. The van der Waals surface area contributed by atoms with Crippen molar-refractivity contribution in [2.24, 2.45) is 4.99 Å². The van der Waals surface area contributed by atoms with Gasteiger partial charge >= 0.3 is 0 Å². The van der Waals surface area contributed by atoms with Crippen molar-refractivity contribution in [1.29, 1.82) is 0 Å². The van der Waals surface area contributed by atoms with Gasteiger partial charge in [0, 0.05) is 25.4 Å². The Morgan fingerprint density at radius 3 is 2.26 bits per heavy atom. The molecule has 0 aliphatic carbocycles. The van der Waals surface area contributed by atoms with Crippen LogP contribution in [-0.2, 0) is 6.42 Å². The van der Waals surface area contributed by atoms with Crippen LogP contribution in [0, 0.1) is 0 Å². The first-order valence-corrected chi connectivity index (χ1v) is 13.5. The minimum atomic E-state index is -0.230. The molecular formula is C33H46N4O2. The van der Waals surface area contributed by atoms with E-state index in [1.54, 1.807) is 54.6 Å². The molecule has 2 rings (SSSR count). The summed E-state index contributed by atoms with van der Waals surface area (Å²) in [6.07, 6.45) is 11.0. The molecule has 0 spiro atoms. The molecule has 39 heavy (non-hydrogen) atoms. The molecule has 0 aliphatic rings. The number of nitrogens with zero attached hydrogens (tertiary/aromatic N) is 3. The van der Waals surface area contributed by atoms with Gasteiger partial charge in [0.1, 0.15) is 0 Å². The lowest BCUT2D eigenvalue weighted by molar-refractivity contribution is 0.0770. The maximum Gasteiger partial charge on any atom is 0.254 e. The highest BCUT2D eigenvalue weighted by atomic mass is 16.2. The van der Waals surface area contributed by atoms with Crippen molar-refractivity contribution in [3.8, 4) is 0 Å². The number of aliphatic imine (C=N–C) groups is 1. The fourth-order valence-electron chi connectivity index (χ4n) is 3.53. The summed E-state index contributed by atoms with van der Waals surface area (Å²) in [4.78, 5) is 34.1. The van der Waals surface area contributed by atoms with E-state index in [9.17, 15) is 9.59 Å². The highest BCUT2D eigenvalue weighted by Gasteiger charge is 2.19. The minimum Gasteiger partial charge on any atom is -0.348 e. The third-order valence-electron chi connectivity index (χ3n) is 5.73. The van der Waals surface area contributed by atoms with Crippen LogP contribution in [0.1, 0.15) is 59.4 Å². The van der Waals surface area contributed by atoms with Gasteiger partial charge in [-0.15, -0.1) is 0 Å². The quantitative estimate of drug-likeness (QED) is 0.238. The summed E-state index contributed by atoms with van der Waals surface area (Å²) in [7, 11) is 7.79. The predicted molar refractivity (Wildman–Crippen MR) is 166 cm³/mol. The summed E-state index contributed by atoms with van der Waals surface area (Å²) >= 11 is 0. The number of aryl methyl sites for hydroxylation is 1. The number of rotatable bonds is 13. The van der Waals surface area contributed by atoms with Crippen LogP contribution >= 0.6 is 0 Å². The molecule has 6 heteroatoms. The first-order valence-electron chi connectivity index (χ1n) is 13.5. The molecule has 1 N–H and O–H groups in total. The second kappa shape index (κ2) is 18.5. The standard InChI is InChI=1S/C30H37N3O2.C3H9N/c1-6-9-13-23(4)21-32-29(34)27-15-11-12-16-28(27)31-22-26(8-3)33(5)30(35)25-19-17-24(18-20-25)14-10-7-2;1-4(2)3/h6,9,11-13,15-20,22,26H,1,4,7-8,10,14,21H2,2-3,5H3,(H,32,34);1-3H3/b13-9-,31-22?;. The summed E-state index contributed by atoms with van der Waals surface area (Å²) in [5, 5.41) is 2.87. The van der Waals surface area contributed by atoms with E-state index in [1.165, 1.54) is 5.56 Å². The Morgan fingerprint density at radius 2 is 1.67 bits per heavy atom. The van der Waals surface area contributed by atoms with Crippen LogP contribution in [0.25, 0.3) is 0 Å². The van der Waals surface area contributed by atoms with Crippen LogP contribution in [-0.4, -0.2) is 68.6 Å². The number of allylic oxidation sites excluding steroid dienone is 2. The average Bonchev–Trinajstić information content (AvgIpc) is 2.93. The second-order valence-corrected chi connectivity index (χ2v) is 9.76. The Morgan fingerprint density at radius 1 is 1.03 bits per heavy atom. The molecule has 2 aromatic carbocycles. The van der Waals surface area contributed by atoms with Crippen molar-refractivity contribution in [2.75, 3.05) is 34.7 Å². The Bertz CT molecular complexity index is 1110. The molecule has 0 fully saturated rings. The SMILES string of the molecule is C=C/C=C\C(=C)CNC(=O)c1ccccc1N=CC(CC)N(C)C(=O)c1ccc(CCCC)cc1.CN(C)C. The van der Waals surface area contributed by atoms with Crippen molar-refractivity contribution in [3.63, 3.8) is 0 Å². The molecule has 0 aliphatic heterocycles. The average molecular weight is 531 g/mol. The number of hydrogen-bond acceptors (Lipinski definition) is 4. The Labute approximate surface area is 235 Å². The zero-order valence-corrected chi connectivity index (χ0v) is 24.6. The third-order valence-corrected chi connectivity index (χ3v) is 5.73. The van der Waals surface area contributed by atoms with Crippen LogP contribution in [0.4, 0.5) is 5.69 Å². The summed E-state index contributed by atoms with van der Waals surface area (Å²) in [6, 6.07) is 14.8. The van der Waals surface area contributed by atoms with E-state index in [0.717, 1.165) is 24.8 Å². The normalized spacial score (nSPS) is 11.7. The number of unbranched alkanes of at least 4 members (excludes halogenated alkanes) is 1. The van der Waals surface area contributed by atoms with Crippen molar-refractivity contribution < 1.29 is 9.59 Å². The van der Waals surface area contributed by atoms with E-state index < -0.39 is 0 Å². The molecule has 0 bridgehead atoms. The molecular weight excluding hydrogens is 484 g/mol. The summed E-state index contributed by atoms with van der Waals surface area (Å²) in [5.41, 5.74) is 3.69. The van der Waals surface area contributed by atoms with Gasteiger partial charge in [-0.05, 0) is 75.8 Å². The van der Waals surface area contributed by atoms with Gasteiger partial charge in [0.2, 0.25) is 0 Å². The lowest BCUT2D eigenvalue weighted by atomic mass is 10.1. The number of para-hydroxylation sites is 1. The van der Waals surface area contributed by atoms with Gasteiger partial charge in [0.25, 0.3) is 11.8 Å². The molecule has 0 saturated heterocycles. The van der Waals surface area contributed by atoms with E-state index >= 15 is 0 Å². The van der Waals surface area contributed by atoms with Crippen LogP contribution in [0.5, 0.6) is 0 Å². The number of nitrogens with one attached hydrogen (secondary N) is 1. The van der Waals surface area contributed by atoms with Gasteiger partial charge in [-0.25, -0.2) is 0 Å². The number of carbonyl (C=O) groups is 2. The van der Waals surface area contributed by atoms with Crippen LogP contribution in [0.2, 0.25) is 0 Å². The van der Waals surface area contributed by atoms with Crippen molar-refractivity contribution >= 4 is 23.7 Å². The lowest BCUT2D eigenvalue weighted by Gasteiger charge is -2.24. The second-order valence-electron chi connectivity index (χ2n) is 9.76. The van der Waals surface area contributed by atoms with Crippen LogP contribution in [0.15, 0.2) is 90.5 Å². The Kier molecular flexibility index (Phi) is 15.8. The Hall–Kier alpha value is -3.77. The topological polar surface area (TPSA) is 65.0 Å². The maximum atomic E-state index is 13.1. The molecule has 1 unspecified atom stereocenters. The van der Waals surface area contributed by atoms with E-state index in [4.69, 9.17) is 0 Å². The van der Waals surface area contributed by atoms with Gasteiger partial charge in [-0.2, -0.15) is 0 Å². The molecule has 0 radical (unpaired) electrons. The van der Waals surface area contributed by atoms with Crippen LogP contribution in [0.3, 0.4) is 0 Å². The van der Waals surface area contributed by atoms with E-state index in [1.807, 2.05) is 63.3 Å². The number of amides is 2. The minimum absolute atomic E-state index is 0.0533. The first-order chi connectivity index (χ1) is 18.6. The lowest BCUT2D eigenvalue weighted by Crippen LogP contribution is -2.37. The van der Waals surface area contributed by atoms with Gasteiger partial charge in [-0.3, -0.25) is 14.6 Å². The number of carbonyl (C=O) groups excluding carboxylic acids is 2. The van der Waals surface area contributed by atoms with E-state index in [-0.39, 0.29) is 17.9 Å². The van der Waals surface area contributed by atoms with Crippen LogP contribution < -0.4 is 5.32 Å². The summed E-state index contributed by atoms with van der Waals surface area (Å²) < 4.78 is 0. The molecule has 0 saturated carbocycles. The fraction of sp³-hybridized carbons (Fsp3) is 0.364. The van der Waals surface area contributed by atoms with Gasteiger partial charge in [-0.1, -0.05) is 75.9 Å². The zero-order valence-electron chi connectivity index (χ0n) is 24.6. The largest absolute Gasteiger partial charge is 0.348 e. The molecule has 0 aromatic heterocycles. The summed E-state index contributed by atoms with van der Waals surface area (Å²) in [5.74, 6) is -0.283. The molecule has 1 atom stereocenters. The summed E-state index contributed by atoms with van der Waals surface area (Å²) in [6.45, 7) is 12.0. The first kappa shape index (κ1) is 33.3. The van der Waals surface area contributed by atoms with Gasteiger partial charge in [0.05, 0.1) is 17.3 Å². The van der Waals surface area contributed by atoms with Crippen molar-refractivity contribution in [1.82, 2.24) is 15.1 Å². The van der Waals surface area contributed by atoms with E-state index in [2.05, 4.69) is 30.4 Å². The Balaban J connectivity index is 0.00000177. The highest BCUT2D eigenvalue weighted by Crippen LogP contribution is 2.19. The maximum absolute atomic E-state index is 13.1. The number of benzene rings is 2. The highest BCUT2D eigenvalue weighted by molar-refractivity contribution is 6.00. The monoisotopic (exact) mass is 530 g/mol. The van der Waals surface area contributed by atoms with Gasteiger partial charge < -0.3 is 15.1 Å². The smallest absolute Gasteiger partial charge is 0.254 e. The van der Waals surface area contributed by atoms with Gasteiger partial charge in [0.15, 0.2) is 0 Å². The zero-order chi connectivity index (χ0) is 29.2. The predicted octanol–water partition coefficient (Wildman–Crippen LogP) is 6.49. The molecule has 2 amide bonds. The molecule has 0 heterocycles.